The first kappa shape index (κ1) is 15.6. The molecule has 0 radical (unpaired) electrons. The van der Waals surface area contributed by atoms with E-state index in [1.807, 2.05) is 0 Å². The summed E-state index contributed by atoms with van der Waals surface area (Å²) in [6, 6.07) is 6.35. The standard InChI is InChI=1S/C18H19ClO2/c1-3-13-7-5-8-14-11-15(12-16(13)14)17(19)9-6-10-18(20)21-4-2/h5-11H,3-4,12H2,1-2H3/b10-6+,17-9-. The molecule has 0 atom stereocenters. The summed E-state index contributed by atoms with van der Waals surface area (Å²) in [7, 11) is 0. The average molecular weight is 303 g/mol. The lowest BCUT2D eigenvalue weighted by molar-refractivity contribution is -0.137. The maximum Gasteiger partial charge on any atom is 0.330 e. The summed E-state index contributed by atoms with van der Waals surface area (Å²) in [5.74, 6) is -0.352. The van der Waals surface area contributed by atoms with Gasteiger partial charge in [0.25, 0.3) is 0 Å². The molecule has 110 valence electrons. The van der Waals surface area contributed by atoms with Crippen LogP contribution in [0.15, 0.2) is 47.0 Å². The molecule has 0 aliphatic heterocycles. The zero-order valence-electron chi connectivity index (χ0n) is 12.4. The first-order valence-corrected chi connectivity index (χ1v) is 7.55. The van der Waals surface area contributed by atoms with E-state index >= 15 is 0 Å². The van der Waals surface area contributed by atoms with Gasteiger partial charge >= 0.3 is 5.97 Å². The van der Waals surface area contributed by atoms with Crippen LogP contribution in [0.1, 0.15) is 30.5 Å². The second-order valence-corrected chi connectivity index (χ2v) is 5.22. The van der Waals surface area contributed by atoms with Crippen LogP contribution in [0.2, 0.25) is 0 Å². The van der Waals surface area contributed by atoms with Crippen molar-refractivity contribution in [2.75, 3.05) is 6.61 Å². The molecule has 2 rings (SSSR count). The molecule has 0 bridgehead atoms. The lowest BCUT2D eigenvalue weighted by Gasteiger charge is -2.05. The predicted octanol–water partition coefficient (Wildman–Crippen LogP) is 4.43. The van der Waals surface area contributed by atoms with Crippen molar-refractivity contribution in [3.8, 4) is 0 Å². The van der Waals surface area contributed by atoms with Crippen molar-refractivity contribution in [2.24, 2.45) is 0 Å². The highest BCUT2D eigenvalue weighted by Gasteiger charge is 2.16. The molecule has 0 saturated heterocycles. The van der Waals surface area contributed by atoms with Crippen LogP contribution >= 0.6 is 11.6 Å². The molecule has 1 aliphatic rings. The van der Waals surface area contributed by atoms with E-state index in [2.05, 4.69) is 31.2 Å². The Morgan fingerprint density at radius 3 is 2.90 bits per heavy atom. The molecule has 0 fully saturated rings. The Morgan fingerprint density at radius 2 is 2.19 bits per heavy atom. The summed E-state index contributed by atoms with van der Waals surface area (Å²) in [6.07, 6.45) is 8.74. The van der Waals surface area contributed by atoms with Gasteiger partial charge in [-0.25, -0.2) is 4.79 Å². The topological polar surface area (TPSA) is 26.3 Å². The molecular formula is C18H19ClO2. The van der Waals surface area contributed by atoms with Gasteiger partial charge in [0.05, 0.1) is 6.61 Å². The van der Waals surface area contributed by atoms with E-state index in [1.54, 1.807) is 19.1 Å². The Hall–Kier alpha value is -1.80. The van der Waals surface area contributed by atoms with Crippen LogP contribution in [0.3, 0.4) is 0 Å². The number of carbonyl (C=O) groups is 1. The van der Waals surface area contributed by atoms with E-state index in [0.29, 0.717) is 11.6 Å². The van der Waals surface area contributed by atoms with Gasteiger partial charge in [0, 0.05) is 11.1 Å². The van der Waals surface area contributed by atoms with E-state index in [4.69, 9.17) is 16.3 Å². The number of esters is 1. The molecule has 1 aromatic rings. The fraction of sp³-hybridized carbons (Fsp3) is 0.278. The quantitative estimate of drug-likeness (QED) is 0.457. The highest BCUT2D eigenvalue weighted by Crippen LogP contribution is 2.33. The maximum absolute atomic E-state index is 11.2. The normalized spacial score (nSPS) is 14.2. The van der Waals surface area contributed by atoms with Crippen molar-refractivity contribution in [3.05, 3.63) is 63.7 Å². The smallest absolute Gasteiger partial charge is 0.330 e. The van der Waals surface area contributed by atoms with Gasteiger partial charge in [-0.15, -0.1) is 0 Å². The molecule has 3 heteroatoms. The van der Waals surface area contributed by atoms with Gasteiger partial charge in [-0.3, -0.25) is 0 Å². The number of carbonyl (C=O) groups excluding carboxylic acids is 1. The number of rotatable bonds is 5. The van der Waals surface area contributed by atoms with E-state index in [9.17, 15) is 4.79 Å². The van der Waals surface area contributed by atoms with Crippen LogP contribution in [-0.4, -0.2) is 12.6 Å². The molecule has 0 heterocycles. The number of benzene rings is 1. The summed E-state index contributed by atoms with van der Waals surface area (Å²) in [5, 5.41) is 0.661. The molecule has 0 amide bonds. The lowest BCUT2D eigenvalue weighted by atomic mass is 10.0. The third-order valence-corrected chi connectivity index (χ3v) is 3.82. The fourth-order valence-corrected chi connectivity index (χ4v) is 2.62. The van der Waals surface area contributed by atoms with Crippen molar-refractivity contribution in [1.82, 2.24) is 0 Å². The zero-order valence-corrected chi connectivity index (χ0v) is 13.1. The van der Waals surface area contributed by atoms with Crippen LogP contribution in [0.4, 0.5) is 0 Å². The van der Waals surface area contributed by atoms with E-state index < -0.39 is 0 Å². The molecule has 0 spiro atoms. The van der Waals surface area contributed by atoms with E-state index in [-0.39, 0.29) is 5.97 Å². The number of allylic oxidation sites excluding steroid dienone is 4. The van der Waals surface area contributed by atoms with Gasteiger partial charge in [-0.05, 0) is 54.2 Å². The van der Waals surface area contributed by atoms with Crippen LogP contribution in [-0.2, 0) is 22.4 Å². The third-order valence-electron chi connectivity index (χ3n) is 3.46. The molecule has 0 N–H and O–H groups in total. The number of hydrogen-bond donors (Lipinski definition) is 0. The first-order chi connectivity index (χ1) is 10.2. The SMILES string of the molecule is CCOC(=O)/C=C/C=C(\Cl)C1=Cc2cccc(CC)c2C1. The van der Waals surface area contributed by atoms with Crippen molar-refractivity contribution >= 4 is 23.6 Å². The summed E-state index contributed by atoms with van der Waals surface area (Å²) >= 11 is 6.32. The van der Waals surface area contributed by atoms with Gasteiger partial charge in [-0.2, -0.15) is 0 Å². The Labute approximate surface area is 130 Å². The molecule has 2 nitrogen and oxygen atoms in total. The van der Waals surface area contributed by atoms with Crippen LogP contribution in [0, 0.1) is 0 Å². The van der Waals surface area contributed by atoms with E-state index in [0.717, 1.165) is 18.4 Å². The van der Waals surface area contributed by atoms with Crippen molar-refractivity contribution in [1.29, 1.82) is 0 Å². The van der Waals surface area contributed by atoms with Crippen LogP contribution in [0.5, 0.6) is 0 Å². The van der Waals surface area contributed by atoms with Crippen LogP contribution < -0.4 is 0 Å². The Balaban J connectivity index is 2.09. The largest absolute Gasteiger partial charge is 0.463 e. The Morgan fingerprint density at radius 1 is 1.38 bits per heavy atom. The minimum Gasteiger partial charge on any atom is -0.463 e. The minimum absolute atomic E-state index is 0.352. The molecule has 21 heavy (non-hydrogen) atoms. The molecule has 1 aromatic carbocycles. The lowest BCUT2D eigenvalue weighted by Crippen LogP contribution is -1.98. The predicted molar refractivity (Wildman–Crippen MR) is 87.2 cm³/mol. The van der Waals surface area contributed by atoms with Crippen molar-refractivity contribution < 1.29 is 9.53 Å². The van der Waals surface area contributed by atoms with Gasteiger partial charge in [0.2, 0.25) is 0 Å². The van der Waals surface area contributed by atoms with Crippen molar-refractivity contribution in [3.63, 3.8) is 0 Å². The highest BCUT2D eigenvalue weighted by molar-refractivity contribution is 6.32. The summed E-state index contributed by atoms with van der Waals surface area (Å²) in [4.78, 5) is 11.2. The first-order valence-electron chi connectivity index (χ1n) is 7.18. The Kier molecular flexibility index (Phi) is 5.40. The van der Waals surface area contributed by atoms with E-state index in [1.165, 1.54) is 22.8 Å². The number of ether oxygens (including phenoxy) is 1. The third kappa shape index (κ3) is 3.85. The average Bonchev–Trinajstić information content (AvgIpc) is 2.91. The summed E-state index contributed by atoms with van der Waals surface area (Å²) in [6.45, 7) is 4.31. The monoisotopic (exact) mass is 302 g/mol. The minimum atomic E-state index is -0.352. The molecule has 0 unspecified atom stereocenters. The van der Waals surface area contributed by atoms with Gasteiger partial charge in [-0.1, -0.05) is 42.8 Å². The second kappa shape index (κ2) is 7.28. The van der Waals surface area contributed by atoms with Gasteiger partial charge in [0.15, 0.2) is 0 Å². The van der Waals surface area contributed by atoms with Gasteiger partial charge < -0.3 is 4.74 Å². The number of hydrogen-bond acceptors (Lipinski definition) is 2. The summed E-state index contributed by atoms with van der Waals surface area (Å²) in [5.41, 5.74) is 5.05. The highest BCUT2D eigenvalue weighted by atomic mass is 35.5. The molecular weight excluding hydrogens is 284 g/mol. The second-order valence-electron chi connectivity index (χ2n) is 4.81. The van der Waals surface area contributed by atoms with Crippen molar-refractivity contribution in [2.45, 2.75) is 26.7 Å². The molecule has 0 saturated carbocycles. The molecule has 1 aliphatic carbocycles. The molecule has 0 aromatic heterocycles. The number of fused-ring (bicyclic) bond motifs is 1. The van der Waals surface area contributed by atoms with Crippen LogP contribution in [0.25, 0.3) is 6.08 Å². The zero-order chi connectivity index (χ0) is 15.2. The Bertz CT molecular complexity index is 624. The number of aryl methyl sites for hydroxylation is 1. The maximum atomic E-state index is 11.2. The number of halogens is 1. The summed E-state index contributed by atoms with van der Waals surface area (Å²) < 4.78 is 4.82. The fourth-order valence-electron chi connectivity index (χ4n) is 2.43. The van der Waals surface area contributed by atoms with Gasteiger partial charge in [0.1, 0.15) is 0 Å².